The van der Waals surface area contributed by atoms with Crippen molar-refractivity contribution in [2.45, 2.75) is 3.92 Å². The smallest absolute Gasteiger partial charge is 0.320 e. The Hall–Kier alpha value is -1.70. The van der Waals surface area contributed by atoms with Crippen LogP contribution >= 0.6 is 22.6 Å². The normalized spacial score (nSPS) is 11.9. The maximum absolute atomic E-state index is 12.2. The Labute approximate surface area is 129 Å². The second-order valence-corrected chi connectivity index (χ2v) is 5.58. The number of alkyl halides is 1. The molecule has 1 aromatic carbocycles. The highest BCUT2D eigenvalue weighted by Crippen LogP contribution is 2.16. The zero-order chi connectivity index (χ0) is 14.5. The van der Waals surface area contributed by atoms with E-state index in [1.54, 1.807) is 12.3 Å². The Morgan fingerprint density at radius 2 is 2.10 bits per heavy atom. The molecule has 0 saturated heterocycles. The molecule has 0 fully saturated rings. The van der Waals surface area contributed by atoms with Crippen molar-refractivity contribution in [1.82, 2.24) is 10.3 Å². The molecule has 0 saturated carbocycles. The second-order valence-electron chi connectivity index (χ2n) is 4.08. The number of pyridine rings is 1. The largest absolute Gasteiger partial charge is 0.468 e. The molecule has 0 aliphatic carbocycles. The number of para-hydroxylation sites is 1. The van der Waals surface area contributed by atoms with E-state index < -0.39 is 3.92 Å². The number of methoxy groups -OCH3 is 1. The Bertz CT molecular complexity index is 640. The number of ether oxygens (including phenoxy) is 1. The van der Waals surface area contributed by atoms with Gasteiger partial charge in [-0.3, -0.25) is 14.6 Å². The van der Waals surface area contributed by atoms with E-state index in [-0.39, 0.29) is 18.4 Å². The van der Waals surface area contributed by atoms with Crippen molar-refractivity contribution in [3.63, 3.8) is 0 Å². The van der Waals surface area contributed by atoms with Gasteiger partial charge in [0.2, 0.25) is 0 Å². The number of nitrogens with zero attached hydrogens (tertiary/aromatic N) is 1. The molecular formula is C14H13IN2O3. The van der Waals surface area contributed by atoms with Gasteiger partial charge in [-0.25, -0.2) is 0 Å². The Morgan fingerprint density at radius 1 is 1.35 bits per heavy atom. The highest BCUT2D eigenvalue weighted by molar-refractivity contribution is 14.1. The Balaban J connectivity index is 2.14. The predicted molar refractivity (Wildman–Crippen MR) is 83.9 cm³/mol. The molecule has 1 heterocycles. The van der Waals surface area contributed by atoms with E-state index in [1.807, 2.05) is 46.9 Å². The van der Waals surface area contributed by atoms with Crippen LogP contribution in [0, 0.1) is 0 Å². The third-order valence-electron chi connectivity index (χ3n) is 2.79. The number of hydrogen-bond acceptors (Lipinski definition) is 4. The zero-order valence-corrected chi connectivity index (χ0v) is 13.0. The number of hydrogen-bond donors (Lipinski definition) is 1. The number of carbonyl (C=O) groups is 2. The van der Waals surface area contributed by atoms with Crippen molar-refractivity contribution in [3.05, 3.63) is 42.1 Å². The van der Waals surface area contributed by atoms with Gasteiger partial charge in [0.25, 0.3) is 5.91 Å². The van der Waals surface area contributed by atoms with Crippen molar-refractivity contribution in [2.24, 2.45) is 0 Å². The monoisotopic (exact) mass is 384 g/mol. The summed E-state index contributed by atoms with van der Waals surface area (Å²) < 4.78 is 4.20. The molecule has 0 aliphatic heterocycles. The summed E-state index contributed by atoms with van der Waals surface area (Å²) in [6.07, 6.45) is 1.60. The van der Waals surface area contributed by atoms with E-state index >= 15 is 0 Å². The standard InChI is InChI=1S/C14H13IN2O3/c1-20-14(19)11(15)8-17-13(18)10-6-7-16-12-5-3-2-4-9(10)12/h2-7,11H,8H2,1H3,(H,17,18). The van der Waals surface area contributed by atoms with Crippen LogP contribution in [-0.2, 0) is 9.53 Å². The molecule has 0 aliphatic rings. The molecule has 0 radical (unpaired) electrons. The molecule has 1 N–H and O–H groups in total. The Kier molecular flexibility index (Phi) is 4.89. The van der Waals surface area contributed by atoms with Gasteiger partial charge in [-0.2, -0.15) is 0 Å². The number of esters is 1. The molecule has 1 aromatic heterocycles. The van der Waals surface area contributed by atoms with Gasteiger partial charge < -0.3 is 10.1 Å². The van der Waals surface area contributed by atoms with Crippen LogP contribution in [0.15, 0.2) is 36.5 Å². The third kappa shape index (κ3) is 3.24. The first kappa shape index (κ1) is 14.7. The molecule has 6 heteroatoms. The second kappa shape index (κ2) is 6.65. The lowest BCUT2D eigenvalue weighted by molar-refractivity contribution is -0.139. The summed E-state index contributed by atoms with van der Waals surface area (Å²) in [6, 6.07) is 9.09. The fourth-order valence-corrected chi connectivity index (χ4v) is 2.26. The van der Waals surface area contributed by atoms with Crippen LogP contribution in [0.25, 0.3) is 10.9 Å². The van der Waals surface area contributed by atoms with Gasteiger partial charge >= 0.3 is 5.97 Å². The van der Waals surface area contributed by atoms with E-state index in [1.165, 1.54) is 7.11 Å². The van der Waals surface area contributed by atoms with Crippen LogP contribution in [0.2, 0.25) is 0 Å². The van der Waals surface area contributed by atoms with Crippen LogP contribution < -0.4 is 5.32 Å². The van der Waals surface area contributed by atoms with Gasteiger partial charge in [-0.05, 0) is 12.1 Å². The molecule has 1 amide bonds. The van der Waals surface area contributed by atoms with Crippen molar-refractivity contribution in [2.75, 3.05) is 13.7 Å². The minimum Gasteiger partial charge on any atom is -0.468 e. The predicted octanol–water partition coefficient (Wildman–Crippen LogP) is 1.94. The maximum Gasteiger partial charge on any atom is 0.320 e. The topological polar surface area (TPSA) is 68.3 Å². The first-order valence-electron chi connectivity index (χ1n) is 5.97. The molecule has 0 spiro atoms. The number of amides is 1. The van der Waals surface area contributed by atoms with Gasteiger partial charge in [0.1, 0.15) is 3.92 Å². The number of fused-ring (bicyclic) bond motifs is 1. The molecule has 2 rings (SSSR count). The quantitative estimate of drug-likeness (QED) is 0.497. The van der Waals surface area contributed by atoms with Crippen LogP contribution in [-0.4, -0.2) is 34.4 Å². The first-order chi connectivity index (χ1) is 9.63. The van der Waals surface area contributed by atoms with Crippen molar-refractivity contribution < 1.29 is 14.3 Å². The third-order valence-corrected chi connectivity index (χ3v) is 3.74. The van der Waals surface area contributed by atoms with Gasteiger partial charge in [-0.15, -0.1) is 0 Å². The van der Waals surface area contributed by atoms with E-state index in [2.05, 4.69) is 15.0 Å². The lowest BCUT2D eigenvalue weighted by Gasteiger charge is -2.10. The number of aromatic nitrogens is 1. The first-order valence-corrected chi connectivity index (χ1v) is 7.22. The van der Waals surface area contributed by atoms with Gasteiger partial charge in [0, 0.05) is 18.1 Å². The molecule has 20 heavy (non-hydrogen) atoms. The van der Waals surface area contributed by atoms with Gasteiger partial charge in [0.15, 0.2) is 0 Å². The van der Waals surface area contributed by atoms with Crippen molar-refractivity contribution in [3.8, 4) is 0 Å². The minimum absolute atomic E-state index is 0.225. The van der Waals surface area contributed by atoms with Crippen LogP contribution in [0.3, 0.4) is 0 Å². The Morgan fingerprint density at radius 3 is 2.85 bits per heavy atom. The molecule has 1 unspecified atom stereocenters. The van der Waals surface area contributed by atoms with Gasteiger partial charge in [0.05, 0.1) is 18.2 Å². The zero-order valence-electron chi connectivity index (χ0n) is 10.8. The average Bonchev–Trinajstić information content (AvgIpc) is 2.50. The van der Waals surface area contributed by atoms with E-state index in [9.17, 15) is 9.59 Å². The summed E-state index contributed by atoms with van der Waals surface area (Å²) in [5, 5.41) is 3.52. The maximum atomic E-state index is 12.2. The number of carbonyl (C=O) groups excluding carboxylic acids is 2. The van der Waals surface area contributed by atoms with Gasteiger partial charge in [-0.1, -0.05) is 40.8 Å². The van der Waals surface area contributed by atoms with Crippen molar-refractivity contribution in [1.29, 1.82) is 0 Å². The van der Waals surface area contributed by atoms with E-state index in [0.29, 0.717) is 5.56 Å². The average molecular weight is 384 g/mol. The number of halogens is 1. The van der Waals surface area contributed by atoms with E-state index in [0.717, 1.165) is 10.9 Å². The summed E-state index contributed by atoms with van der Waals surface area (Å²) in [5.74, 6) is -0.584. The molecule has 0 bridgehead atoms. The minimum atomic E-state index is -0.408. The summed E-state index contributed by atoms with van der Waals surface area (Å²) in [4.78, 5) is 27.7. The lowest BCUT2D eigenvalue weighted by atomic mass is 10.1. The van der Waals surface area contributed by atoms with Crippen LogP contribution in [0.4, 0.5) is 0 Å². The van der Waals surface area contributed by atoms with Crippen LogP contribution in [0.1, 0.15) is 10.4 Å². The van der Waals surface area contributed by atoms with E-state index in [4.69, 9.17) is 0 Å². The summed E-state index contributed by atoms with van der Waals surface area (Å²) in [7, 11) is 1.33. The number of rotatable bonds is 4. The summed E-state index contributed by atoms with van der Waals surface area (Å²) in [5.41, 5.74) is 1.31. The highest BCUT2D eigenvalue weighted by atomic mass is 127. The van der Waals surface area contributed by atoms with Crippen LogP contribution in [0.5, 0.6) is 0 Å². The fourth-order valence-electron chi connectivity index (χ4n) is 1.78. The molecule has 1 atom stereocenters. The molecule has 104 valence electrons. The molecule has 5 nitrogen and oxygen atoms in total. The number of benzene rings is 1. The summed E-state index contributed by atoms with van der Waals surface area (Å²) >= 11 is 1.94. The fraction of sp³-hybridized carbons (Fsp3) is 0.214. The lowest BCUT2D eigenvalue weighted by Crippen LogP contribution is -2.33. The SMILES string of the molecule is COC(=O)C(I)CNC(=O)c1ccnc2ccccc12. The van der Waals surface area contributed by atoms with Crippen molar-refractivity contribution >= 4 is 45.4 Å². The number of nitrogens with one attached hydrogen (secondary N) is 1. The molecule has 2 aromatic rings. The highest BCUT2D eigenvalue weighted by Gasteiger charge is 2.17. The molecular weight excluding hydrogens is 371 g/mol. The summed E-state index contributed by atoms with van der Waals surface area (Å²) in [6.45, 7) is 0.225.